The number of nitrogens with zero attached hydrogens (tertiary/aromatic N) is 3. The number of ether oxygens (including phenoxy) is 3. The lowest BCUT2D eigenvalue weighted by molar-refractivity contribution is -0.229. The Morgan fingerprint density at radius 3 is 2.23 bits per heavy atom. The normalized spacial score (nSPS) is 22.7. The molecule has 4 aliphatic rings. The summed E-state index contributed by atoms with van der Waals surface area (Å²) in [6.45, 7) is 11.0. The average Bonchev–Trinajstić information content (AvgIpc) is 3.37. The van der Waals surface area contributed by atoms with Gasteiger partial charge in [-0.2, -0.15) is 0 Å². The van der Waals surface area contributed by atoms with Gasteiger partial charge in [-0.15, -0.1) is 0 Å². The number of likely N-dealkylation sites (tertiary alicyclic amines) is 1. The van der Waals surface area contributed by atoms with Gasteiger partial charge in [-0.3, -0.25) is 0 Å². The molecule has 1 aromatic carbocycles. The van der Waals surface area contributed by atoms with Gasteiger partial charge >= 0.3 is 23.9 Å². The molecule has 2 amide bonds. The number of para-hydroxylation sites is 1. The van der Waals surface area contributed by atoms with Gasteiger partial charge in [0.1, 0.15) is 12.3 Å². The molecule has 0 unspecified atom stereocenters. The second kappa shape index (κ2) is 12.0. The number of carbonyl (C=O) groups excluding carboxylic acids is 3. The van der Waals surface area contributed by atoms with Crippen molar-refractivity contribution in [1.82, 2.24) is 14.7 Å². The Bertz CT molecular complexity index is 1060. The van der Waals surface area contributed by atoms with Gasteiger partial charge in [0.15, 0.2) is 0 Å². The average molecular weight is 556 g/mol. The van der Waals surface area contributed by atoms with Crippen LogP contribution in [0.15, 0.2) is 24.3 Å². The number of urea groups is 1. The fraction of sp³-hybridized carbons (Fsp3) is 0.710. The molecule has 1 aliphatic carbocycles. The Balaban J connectivity index is 1.09. The summed E-state index contributed by atoms with van der Waals surface area (Å²) in [5, 5.41) is 0. The van der Waals surface area contributed by atoms with E-state index in [0.29, 0.717) is 19.1 Å². The van der Waals surface area contributed by atoms with Gasteiger partial charge in [-0.1, -0.05) is 58.2 Å². The monoisotopic (exact) mass is 555 g/mol. The number of amides is 2. The van der Waals surface area contributed by atoms with E-state index in [4.69, 9.17) is 14.2 Å². The smallest absolute Gasteiger partial charge is 0.422 e. The summed E-state index contributed by atoms with van der Waals surface area (Å²) in [6, 6.07) is 8.21. The molecule has 9 heteroatoms. The Hall–Kier alpha value is -2.81. The highest BCUT2D eigenvalue weighted by Gasteiger charge is 2.63. The predicted octanol–water partition coefficient (Wildman–Crippen LogP) is 4.90. The first kappa shape index (κ1) is 28.7. The zero-order valence-electron chi connectivity index (χ0n) is 24.4. The van der Waals surface area contributed by atoms with Crippen LogP contribution >= 0.6 is 0 Å². The molecule has 0 N–H and O–H groups in total. The van der Waals surface area contributed by atoms with E-state index in [1.807, 2.05) is 0 Å². The molecule has 3 heterocycles. The van der Waals surface area contributed by atoms with Gasteiger partial charge in [-0.05, 0) is 81.1 Å². The molecular weight excluding hydrogens is 510 g/mol. The number of unbranched alkanes of at least 4 members (excludes halogenated alkanes) is 1. The van der Waals surface area contributed by atoms with Crippen LogP contribution in [0.1, 0.15) is 90.0 Å². The number of rotatable bonds is 9. The minimum Gasteiger partial charge on any atom is -0.493 e. The topological polar surface area (TPSA) is 88.6 Å². The Kier molecular flexibility index (Phi) is 8.59. The lowest BCUT2D eigenvalue weighted by Gasteiger charge is -2.37. The fourth-order valence-electron chi connectivity index (χ4n) is 6.54. The number of hydrogen-bond acceptors (Lipinski definition) is 7. The molecule has 3 saturated heterocycles. The highest BCUT2D eigenvalue weighted by Crippen LogP contribution is 2.39. The second-order valence-electron chi connectivity index (χ2n) is 13.1. The Labute approximate surface area is 238 Å². The summed E-state index contributed by atoms with van der Waals surface area (Å²) < 4.78 is 17.0. The van der Waals surface area contributed by atoms with Crippen LogP contribution in [0.4, 0.5) is 4.79 Å². The van der Waals surface area contributed by atoms with Crippen LogP contribution in [0.25, 0.3) is 0 Å². The van der Waals surface area contributed by atoms with Crippen molar-refractivity contribution in [3.63, 3.8) is 0 Å². The largest absolute Gasteiger partial charge is 0.493 e. The molecule has 3 aliphatic heterocycles. The maximum Gasteiger partial charge on any atom is 0.422 e. The maximum absolute atomic E-state index is 13.4. The van der Waals surface area contributed by atoms with Crippen molar-refractivity contribution in [3.8, 4) is 5.75 Å². The number of carbonyl (C=O) groups is 3. The van der Waals surface area contributed by atoms with Crippen LogP contribution in [0.2, 0.25) is 0 Å². The lowest BCUT2D eigenvalue weighted by atomic mass is 9.88. The molecule has 1 aromatic rings. The lowest BCUT2D eigenvalue weighted by Crippen LogP contribution is -2.54. The van der Waals surface area contributed by atoms with Crippen molar-refractivity contribution in [2.24, 2.45) is 5.41 Å². The van der Waals surface area contributed by atoms with E-state index in [-0.39, 0.29) is 24.0 Å². The molecule has 4 fully saturated rings. The first-order chi connectivity index (χ1) is 19.2. The highest BCUT2D eigenvalue weighted by molar-refractivity contribution is 6.31. The van der Waals surface area contributed by atoms with Crippen molar-refractivity contribution >= 4 is 18.0 Å². The number of hydrogen-bond donors (Lipinski definition) is 0. The standard InChI is InChI=1S/C31H45N3O6/c1-30(2,3)22-38-26-14-8-7-13-25(26)23-15-19-32(20-16-23)17-9-10-18-33-21-31(39-27(35)28(36)40-31)34(29(33)37)24-11-5-4-6-12-24/h7-8,13-14,23-24H,4-6,9-12,15-22H2,1-3H3. The zero-order chi connectivity index (χ0) is 28.3. The van der Waals surface area contributed by atoms with Crippen LogP contribution in [0.3, 0.4) is 0 Å². The van der Waals surface area contributed by atoms with Gasteiger partial charge < -0.3 is 24.0 Å². The quantitative estimate of drug-likeness (QED) is 0.243. The van der Waals surface area contributed by atoms with Crippen LogP contribution in [-0.2, 0) is 19.1 Å². The van der Waals surface area contributed by atoms with E-state index in [0.717, 1.165) is 83.2 Å². The first-order valence-corrected chi connectivity index (χ1v) is 15.1. The Morgan fingerprint density at radius 2 is 1.55 bits per heavy atom. The van der Waals surface area contributed by atoms with Crippen molar-refractivity contribution in [2.75, 3.05) is 39.3 Å². The SMILES string of the molecule is CC(C)(C)COc1ccccc1C1CCN(CCCCN2CC3(OC(=O)C(=O)O3)N(C3CCCCC3)C2=O)CC1. The zero-order valence-corrected chi connectivity index (χ0v) is 24.4. The molecule has 0 bridgehead atoms. The second-order valence-corrected chi connectivity index (χ2v) is 13.1. The van der Waals surface area contributed by atoms with Gasteiger partial charge in [0.05, 0.1) is 6.61 Å². The molecule has 0 radical (unpaired) electrons. The molecule has 5 rings (SSSR count). The number of piperidine rings is 1. The van der Waals surface area contributed by atoms with Crippen LogP contribution in [-0.4, -0.2) is 84.0 Å². The van der Waals surface area contributed by atoms with E-state index in [1.165, 1.54) is 5.56 Å². The number of esters is 2. The summed E-state index contributed by atoms with van der Waals surface area (Å²) in [6.07, 6.45) is 8.84. The van der Waals surface area contributed by atoms with Gasteiger partial charge in [0.25, 0.3) is 0 Å². The highest BCUT2D eigenvalue weighted by atomic mass is 16.8. The third-order valence-electron chi connectivity index (χ3n) is 8.60. The third kappa shape index (κ3) is 6.40. The summed E-state index contributed by atoms with van der Waals surface area (Å²) in [7, 11) is 0. The molecule has 0 atom stereocenters. The number of benzene rings is 1. The fourth-order valence-corrected chi connectivity index (χ4v) is 6.54. The van der Waals surface area contributed by atoms with E-state index < -0.39 is 17.8 Å². The maximum atomic E-state index is 13.4. The van der Waals surface area contributed by atoms with Gasteiger partial charge in [-0.25, -0.2) is 19.3 Å². The third-order valence-corrected chi connectivity index (χ3v) is 8.60. The van der Waals surface area contributed by atoms with E-state index >= 15 is 0 Å². The molecule has 0 aromatic heterocycles. The van der Waals surface area contributed by atoms with E-state index in [1.54, 1.807) is 9.80 Å². The molecule has 9 nitrogen and oxygen atoms in total. The van der Waals surface area contributed by atoms with Crippen molar-refractivity contribution in [1.29, 1.82) is 0 Å². The summed E-state index contributed by atoms with van der Waals surface area (Å²) >= 11 is 0. The van der Waals surface area contributed by atoms with Gasteiger partial charge in [0.2, 0.25) is 0 Å². The Morgan fingerprint density at radius 1 is 0.900 bits per heavy atom. The summed E-state index contributed by atoms with van der Waals surface area (Å²) in [4.78, 5) is 43.1. The molecule has 40 heavy (non-hydrogen) atoms. The van der Waals surface area contributed by atoms with Crippen LogP contribution in [0.5, 0.6) is 5.75 Å². The minimum atomic E-state index is -1.60. The van der Waals surface area contributed by atoms with Gasteiger partial charge in [0, 0.05) is 12.6 Å². The molecule has 1 spiro atoms. The van der Waals surface area contributed by atoms with E-state index in [2.05, 4.69) is 49.9 Å². The van der Waals surface area contributed by atoms with Crippen molar-refractivity contribution in [2.45, 2.75) is 96.4 Å². The van der Waals surface area contributed by atoms with E-state index in [9.17, 15) is 14.4 Å². The van der Waals surface area contributed by atoms with Crippen molar-refractivity contribution < 1.29 is 28.6 Å². The van der Waals surface area contributed by atoms with Crippen molar-refractivity contribution in [3.05, 3.63) is 29.8 Å². The summed E-state index contributed by atoms with van der Waals surface area (Å²) in [5.41, 5.74) is 1.44. The van der Waals surface area contributed by atoms with Crippen LogP contribution in [0, 0.1) is 5.41 Å². The minimum absolute atomic E-state index is 0.0739. The first-order valence-electron chi connectivity index (χ1n) is 15.1. The summed E-state index contributed by atoms with van der Waals surface area (Å²) in [5.74, 6) is -2.09. The molecule has 1 saturated carbocycles. The van der Waals surface area contributed by atoms with Crippen LogP contribution < -0.4 is 4.74 Å². The molecular formula is C31H45N3O6. The molecule has 220 valence electrons. The predicted molar refractivity (Wildman–Crippen MR) is 150 cm³/mol.